The Bertz CT molecular complexity index is 245. The molecule has 0 radical (unpaired) electrons. The maximum atomic E-state index is 12.1. The quantitative estimate of drug-likeness (QED) is 0.757. The molecule has 0 bridgehead atoms. The lowest BCUT2D eigenvalue weighted by atomic mass is 10.2. The highest BCUT2D eigenvalue weighted by Crippen LogP contribution is 2.20. The molecule has 0 aromatic heterocycles. The van der Waals surface area contributed by atoms with Crippen LogP contribution in [-0.4, -0.2) is 74.5 Å². The fourth-order valence-electron chi connectivity index (χ4n) is 2.48. The van der Waals surface area contributed by atoms with Crippen LogP contribution in [0.2, 0.25) is 0 Å². The van der Waals surface area contributed by atoms with Gasteiger partial charge in [-0.05, 0) is 0 Å². The van der Waals surface area contributed by atoms with Gasteiger partial charge in [0.25, 0.3) is 0 Å². The molecule has 2 saturated heterocycles. The lowest BCUT2D eigenvalue weighted by Crippen LogP contribution is -2.61. The summed E-state index contributed by atoms with van der Waals surface area (Å²) in [5, 5.41) is 6.75. The maximum absolute atomic E-state index is 12.1. The summed E-state index contributed by atoms with van der Waals surface area (Å²) in [6.45, 7) is 6.15. The Kier molecular flexibility index (Phi) is 4.83. The minimum absolute atomic E-state index is 0.133. The molecule has 2 N–H and O–H groups in total. The summed E-state index contributed by atoms with van der Waals surface area (Å²) in [5.41, 5.74) is 0. The number of nitrogens with zero attached hydrogens (tertiary/aromatic N) is 2. The van der Waals surface area contributed by atoms with E-state index >= 15 is 0 Å². The molecule has 0 amide bonds. The number of rotatable bonds is 3. The molecule has 7 heteroatoms. The van der Waals surface area contributed by atoms with Crippen LogP contribution in [0.1, 0.15) is 6.42 Å². The molecule has 18 heavy (non-hydrogen) atoms. The first kappa shape index (κ1) is 14.0. The predicted molar refractivity (Wildman–Crippen MR) is 63.3 cm³/mol. The highest BCUT2D eigenvalue weighted by atomic mass is 19.4. The highest BCUT2D eigenvalue weighted by Gasteiger charge is 2.30. The molecule has 2 heterocycles. The van der Waals surface area contributed by atoms with E-state index in [1.807, 2.05) is 4.90 Å². The first-order chi connectivity index (χ1) is 8.54. The van der Waals surface area contributed by atoms with Crippen molar-refractivity contribution in [2.24, 2.45) is 0 Å². The summed E-state index contributed by atoms with van der Waals surface area (Å²) in [4.78, 5) is 4.22. The molecular weight excluding hydrogens is 245 g/mol. The molecule has 2 fully saturated rings. The first-order valence-corrected chi connectivity index (χ1v) is 6.52. The van der Waals surface area contributed by atoms with Crippen LogP contribution in [0, 0.1) is 0 Å². The Labute approximate surface area is 105 Å². The second-order valence-electron chi connectivity index (χ2n) is 4.92. The van der Waals surface area contributed by atoms with Crippen LogP contribution in [0.3, 0.4) is 0 Å². The van der Waals surface area contributed by atoms with Crippen molar-refractivity contribution in [1.29, 1.82) is 0 Å². The third-order valence-corrected chi connectivity index (χ3v) is 3.58. The minimum atomic E-state index is -4.04. The zero-order valence-corrected chi connectivity index (χ0v) is 10.5. The lowest BCUT2D eigenvalue weighted by molar-refractivity contribution is -0.139. The van der Waals surface area contributed by atoms with E-state index in [0.717, 1.165) is 45.8 Å². The van der Waals surface area contributed by atoms with Gasteiger partial charge in [0.2, 0.25) is 0 Å². The van der Waals surface area contributed by atoms with Crippen LogP contribution < -0.4 is 10.6 Å². The molecule has 106 valence electrons. The average Bonchev–Trinajstić information content (AvgIpc) is 2.37. The van der Waals surface area contributed by atoms with Crippen LogP contribution in [-0.2, 0) is 0 Å². The number of piperazine rings is 2. The van der Waals surface area contributed by atoms with E-state index in [0.29, 0.717) is 6.17 Å². The van der Waals surface area contributed by atoms with Gasteiger partial charge >= 0.3 is 6.18 Å². The fourth-order valence-corrected chi connectivity index (χ4v) is 2.48. The molecular formula is C11H21F3N4. The Morgan fingerprint density at radius 3 is 2.33 bits per heavy atom. The molecule has 0 aromatic carbocycles. The Morgan fingerprint density at radius 1 is 1.06 bits per heavy atom. The van der Waals surface area contributed by atoms with Gasteiger partial charge in [-0.25, -0.2) is 0 Å². The van der Waals surface area contributed by atoms with Crippen molar-refractivity contribution in [3.05, 3.63) is 0 Å². The van der Waals surface area contributed by atoms with Crippen LogP contribution >= 0.6 is 0 Å². The molecule has 0 saturated carbocycles. The second kappa shape index (κ2) is 6.18. The SMILES string of the molecule is FC(F)(F)CCN1CCN(C2CNCCN2)CC1. The lowest BCUT2D eigenvalue weighted by Gasteiger charge is -2.41. The zero-order valence-electron chi connectivity index (χ0n) is 10.5. The minimum Gasteiger partial charge on any atom is -0.313 e. The standard InChI is InChI=1S/C11H21F3N4/c12-11(13,14)1-4-17-5-7-18(8-6-17)10-9-15-2-3-16-10/h10,15-16H,1-9H2. The number of halogens is 3. The van der Waals surface area contributed by atoms with Crippen molar-refractivity contribution in [3.8, 4) is 0 Å². The van der Waals surface area contributed by atoms with Gasteiger partial charge in [0.1, 0.15) is 0 Å². The van der Waals surface area contributed by atoms with E-state index in [1.165, 1.54) is 0 Å². The van der Waals surface area contributed by atoms with Crippen molar-refractivity contribution in [3.63, 3.8) is 0 Å². The monoisotopic (exact) mass is 266 g/mol. The molecule has 2 rings (SSSR count). The second-order valence-corrected chi connectivity index (χ2v) is 4.92. The maximum Gasteiger partial charge on any atom is 0.390 e. The van der Waals surface area contributed by atoms with Crippen LogP contribution in [0.4, 0.5) is 13.2 Å². The molecule has 0 aliphatic carbocycles. The van der Waals surface area contributed by atoms with Crippen molar-refractivity contribution in [1.82, 2.24) is 20.4 Å². The molecule has 1 unspecified atom stereocenters. The summed E-state index contributed by atoms with van der Waals surface area (Å²) >= 11 is 0. The molecule has 2 aliphatic heterocycles. The molecule has 0 spiro atoms. The molecule has 2 aliphatic rings. The van der Waals surface area contributed by atoms with Gasteiger partial charge in [-0.2, -0.15) is 13.2 Å². The van der Waals surface area contributed by atoms with Gasteiger partial charge in [-0.1, -0.05) is 0 Å². The van der Waals surface area contributed by atoms with Crippen molar-refractivity contribution < 1.29 is 13.2 Å². The molecule has 0 aromatic rings. The smallest absolute Gasteiger partial charge is 0.313 e. The summed E-state index contributed by atoms with van der Waals surface area (Å²) in [6, 6.07) is 0. The van der Waals surface area contributed by atoms with Crippen molar-refractivity contribution in [2.75, 3.05) is 52.4 Å². The summed E-state index contributed by atoms with van der Waals surface area (Å²) in [7, 11) is 0. The summed E-state index contributed by atoms with van der Waals surface area (Å²) < 4.78 is 36.4. The predicted octanol–water partition coefficient (Wildman–Crippen LogP) is 0.0753. The Hall–Kier alpha value is -0.370. The largest absolute Gasteiger partial charge is 0.390 e. The summed E-state index contributed by atoms with van der Waals surface area (Å²) in [6.07, 6.45) is -4.40. The number of alkyl halides is 3. The van der Waals surface area contributed by atoms with Crippen LogP contribution in [0.25, 0.3) is 0 Å². The number of hydrogen-bond acceptors (Lipinski definition) is 4. The van der Waals surface area contributed by atoms with E-state index in [1.54, 1.807) is 0 Å². The Morgan fingerprint density at radius 2 is 1.78 bits per heavy atom. The topological polar surface area (TPSA) is 30.5 Å². The number of hydrogen-bond donors (Lipinski definition) is 2. The van der Waals surface area contributed by atoms with E-state index < -0.39 is 12.6 Å². The van der Waals surface area contributed by atoms with Gasteiger partial charge in [0, 0.05) is 52.4 Å². The Balaban J connectivity index is 1.67. The van der Waals surface area contributed by atoms with Crippen molar-refractivity contribution >= 4 is 0 Å². The zero-order chi connectivity index (χ0) is 13.0. The van der Waals surface area contributed by atoms with Gasteiger partial charge in [-0.3, -0.25) is 10.2 Å². The van der Waals surface area contributed by atoms with Gasteiger partial charge in [0.15, 0.2) is 0 Å². The van der Waals surface area contributed by atoms with E-state index in [9.17, 15) is 13.2 Å². The third-order valence-electron chi connectivity index (χ3n) is 3.58. The van der Waals surface area contributed by atoms with Gasteiger partial charge < -0.3 is 10.2 Å². The third kappa shape index (κ3) is 4.38. The van der Waals surface area contributed by atoms with E-state index in [-0.39, 0.29) is 6.54 Å². The molecule has 4 nitrogen and oxygen atoms in total. The van der Waals surface area contributed by atoms with E-state index in [4.69, 9.17) is 0 Å². The van der Waals surface area contributed by atoms with E-state index in [2.05, 4.69) is 15.5 Å². The molecule has 1 atom stereocenters. The fraction of sp³-hybridized carbons (Fsp3) is 1.00. The summed E-state index contributed by atoms with van der Waals surface area (Å²) in [5.74, 6) is 0. The first-order valence-electron chi connectivity index (χ1n) is 6.52. The van der Waals surface area contributed by atoms with Crippen molar-refractivity contribution in [2.45, 2.75) is 18.8 Å². The van der Waals surface area contributed by atoms with Gasteiger partial charge in [0.05, 0.1) is 12.6 Å². The average molecular weight is 266 g/mol. The van der Waals surface area contributed by atoms with Gasteiger partial charge in [-0.15, -0.1) is 0 Å². The van der Waals surface area contributed by atoms with Crippen LogP contribution in [0.15, 0.2) is 0 Å². The highest BCUT2D eigenvalue weighted by molar-refractivity contribution is 4.81. The number of nitrogens with one attached hydrogen (secondary N) is 2. The van der Waals surface area contributed by atoms with Crippen LogP contribution in [0.5, 0.6) is 0 Å². The normalized spacial score (nSPS) is 28.5.